The van der Waals surface area contributed by atoms with Gasteiger partial charge in [0, 0.05) is 17.1 Å². The Morgan fingerprint density at radius 3 is 0.867 bits per heavy atom. The highest BCUT2D eigenvalue weighted by molar-refractivity contribution is 5.59. The van der Waals surface area contributed by atoms with E-state index in [2.05, 4.69) is 108 Å². The quantitative estimate of drug-likeness (QED) is 0.497. The summed E-state index contributed by atoms with van der Waals surface area (Å²) in [6, 6.07) is 27.1. The largest absolute Gasteiger partial charge is 0.336 e. The van der Waals surface area contributed by atoms with E-state index in [1.165, 1.54) is 33.8 Å². The molecule has 30 heavy (non-hydrogen) atoms. The Bertz CT molecular complexity index is 796. The van der Waals surface area contributed by atoms with Gasteiger partial charge < -0.3 is 14.7 Å². The van der Waals surface area contributed by atoms with Crippen molar-refractivity contribution in [2.24, 2.45) is 0 Å². The van der Waals surface area contributed by atoms with Crippen molar-refractivity contribution in [2.75, 3.05) is 34.7 Å². The molecule has 156 valence electrons. The molecule has 1 heterocycles. The van der Waals surface area contributed by atoms with E-state index in [9.17, 15) is 0 Å². The average molecular weight is 400 g/mol. The minimum atomic E-state index is 0.889. The number of hydrogen-bond acceptors (Lipinski definition) is 3. The molecule has 3 nitrogen and oxygen atoms in total. The number of nitrogens with zero attached hydrogens (tertiary/aromatic N) is 3. The highest BCUT2D eigenvalue weighted by atomic mass is 15.5. The van der Waals surface area contributed by atoms with Gasteiger partial charge in [-0.3, -0.25) is 0 Å². The van der Waals surface area contributed by atoms with E-state index >= 15 is 0 Å². The Kier molecular flexibility index (Phi) is 6.27. The molecule has 0 atom stereocenters. The molecule has 0 radical (unpaired) electrons. The van der Waals surface area contributed by atoms with E-state index in [-0.39, 0.29) is 0 Å². The molecule has 3 aromatic carbocycles. The van der Waals surface area contributed by atoms with Crippen LogP contribution in [0, 0.1) is 0 Å². The third kappa shape index (κ3) is 4.46. The van der Waals surface area contributed by atoms with Crippen LogP contribution in [0.15, 0.2) is 72.8 Å². The molecule has 4 rings (SSSR count). The summed E-state index contributed by atoms with van der Waals surface area (Å²) in [6.07, 6.45) is 3.23. The summed E-state index contributed by atoms with van der Waals surface area (Å²) in [7, 11) is 0. The molecule has 0 aromatic heterocycles. The second-order valence-corrected chi connectivity index (χ2v) is 8.10. The Morgan fingerprint density at radius 2 is 0.667 bits per heavy atom. The summed E-state index contributed by atoms with van der Waals surface area (Å²) >= 11 is 0. The first-order valence-electron chi connectivity index (χ1n) is 11.2. The first-order chi connectivity index (χ1) is 14.7. The van der Waals surface area contributed by atoms with Gasteiger partial charge in [-0.05, 0) is 72.4 Å². The molecule has 3 aromatic rings. The zero-order valence-electron chi connectivity index (χ0n) is 18.5. The van der Waals surface area contributed by atoms with Gasteiger partial charge in [0.25, 0.3) is 0 Å². The van der Waals surface area contributed by atoms with Gasteiger partial charge in [-0.15, -0.1) is 0 Å². The van der Waals surface area contributed by atoms with Crippen LogP contribution in [0.1, 0.15) is 37.5 Å². The SMILES string of the molecule is CCc1ccc(N2CN(c3ccc(CC)cc3)CN(c3ccc(CC)cc3)C2)cc1. The van der Waals surface area contributed by atoms with Crippen LogP contribution in [0.3, 0.4) is 0 Å². The van der Waals surface area contributed by atoms with Crippen LogP contribution >= 0.6 is 0 Å². The predicted molar refractivity (Wildman–Crippen MR) is 129 cm³/mol. The predicted octanol–water partition coefficient (Wildman–Crippen LogP) is 6.08. The molecule has 0 bridgehead atoms. The standard InChI is InChI=1S/C27H33N3/c1-4-22-7-13-25(14-8-22)28-19-29(26-15-9-23(5-2)10-16-26)21-30(20-28)27-17-11-24(6-3)12-18-27/h7-18H,4-6,19-21H2,1-3H3. The fourth-order valence-corrected chi connectivity index (χ4v) is 4.07. The fourth-order valence-electron chi connectivity index (χ4n) is 4.07. The zero-order valence-corrected chi connectivity index (χ0v) is 18.5. The van der Waals surface area contributed by atoms with Crippen LogP contribution in [0.5, 0.6) is 0 Å². The number of hydrogen-bond donors (Lipinski definition) is 0. The maximum Gasteiger partial charge on any atom is 0.0937 e. The first kappa shape index (κ1) is 20.3. The van der Waals surface area contributed by atoms with Crippen LogP contribution in [0.2, 0.25) is 0 Å². The molecular formula is C27H33N3. The first-order valence-corrected chi connectivity index (χ1v) is 11.2. The second-order valence-electron chi connectivity index (χ2n) is 8.10. The Labute approximate surface area is 181 Å². The lowest BCUT2D eigenvalue weighted by atomic mass is 10.1. The van der Waals surface area contributed by atoms with E-state index in [0.29, 0.717) is 0 Å². The van der Waals surface area contributed by atoms with Crippen LogP contribution in [-0.2, 0) is 19.3 Å². The molecular weight excluding hydrogens is 366 g/mol. The van der Waals surface area contributed by atoms with Gasteiger partial charge in [-0.1, -0.05) is 57.2 Å². The second kappa shape index (κ2) is 9.25. The summed E-state index contributed by atoms with van der Waals surface area (Å²) in [5.41, 5.74) is 7.98. The summed E-state index contributed by atoms with van der Waals surface area (Å²) in [6.45, 7) is 9.29. The van der Waals surface area contributed by atoms with Crippen molar-refractivity contribution in [1.82, 2.24) is 0 Å². The summed E-state index contributed by atoms with van der Waals surface area (Å²) in [5, 5.41) is 0. The van der Waals surface area contributed by atoms with Crippen LogP contribution in [0.4, 0.5) is 17.1 Å². The van der Waals surface area contributed by atoms with Gasteiger partial charge in [-0.25, -0.2) is 0 Å². The van der Waals surface area contributed by atoms with E-state index < -0.39 is 0 Å². The van der Waals surface area contributed by atoms with Crippen molar-refractivity contribution in [1.29, 1.82) is 0 Å². The van der Waals surface area contributed by atoms with Crippen molar-refractivity contribution < 1.29 is 0 Å². The lowest BCUT2D eigenvalue weighted by molar-refractivity contribution is 0.611. The Balaban J connectivity index is 1.63. The maximum absolute atomic E-state index is 2.46. The number of rotatable bonds is 6. The molecule has 0 saturated carbocycles. The van der Waals surface area contributed by atoms with Gasteiger partial charge in [0.15, 0.2) is 0 Å². The van der Waals surface area contributed by atoms with Gasteiger partial charge in [0.2, 0.25) is 0 Å². The van der Waals surface area contributed by atoms with Gasteiger partial charge in [0.05, 0.1) is 20.0 Å². The minimum Gasteiger partial charge on any atom is -0.336 e. The van der Waals surface area contributed by atoms with E-state index in [4.69, 9.17) is 0 Å². The monoisotopic (exact) mass is 399 g/mol. The molecule has 1 saturated heterocycles. The summed E-state index contributed by atoms with van der Waals surface area (Å²) in [4.78, 5) is 7.39. The van der Waals surface area contributed by atoms with E-state index in [0.717, 1.165) is 39.3 Å². The molecule has 1 fully saturated rings. The maximum atomic E-state index is 2.46. The topological polar surface area (TPSA) is 9.72 Å². The lowest BCUT2D eigenvalue weighted by Crippen LogP contribution is -2.55. The van der Waals surface area contributed by atoms with Crippen molar-refractivity contribution >= 4 is 17.1 Å². The van der Waals surface area contributed by atoms with Gasteiger partial charge >= 0.3 is 0 Å². The van der Waals surface area contributed by atoms with Gasteiger partial charge in [-0.2, -0.15) is 0 Å². The molecule has 0 unspecified atom stereocenters. The van der Waals surface area contributed by atoms with Crippen LogP contribution < -0.4 is 14.7 Å². The number of aryl methyl sites for hydroxylation is 3. The molecule has 3 heteroatoms. The lowest BCUT2D eigenvalue weighted by Gasteiger charge is -2.45. The molecule has 0 N–H and O–H groups in total. The van der Waals surface area contributed by atoms with Crippen molar-refractivity contribution in [3.05, 3.63) is 89.5 Å². The zero-order chi connectivity index (χ0) is 20.9. The molecule has 1 aliphatic heterocycles. The average Bonchev–Trinajstić information content (AvgIpc) is 2.84. The van der Waals surface area contributed by atoms with Crippen molar-refractivity contribution in [3.63, 3.8) is 0 Å². The Morgan fingerprint density at radius 1 is 0.433 bits per heavy atom. The summed E-state index contributed by atoms with van der Waals surface area (Å²) < 4.78 is 0. The highest BCUT2D eigenvalue weighted by Gasteiger charge is 2.24. The molecule has 0 amide bonds. The van der Waals surface area contributed by atoms with Gasteiger partial charge in [0.1, 0.15) is 0 Å². The highest BCUT2D eigenvalue weighted by Crippen LogP contribution is 2.27. The third-order valence-corrected chi connectivity index (χ3v) is 6.15. The molecule has 1 aliphatic rings. The number of anilines is 3. The van der Waals surface area contributed by atoms with Crippen molar-refractivity contribution in [2.45, 2.75) is 40.0 Å². The van der Waals surface area contributed by atoms with E-state index in [1.54, 1.807) is 0 Å². The van der Waals surface area contributed by atoms with Crippen molar-refractivity contribution in [3.8, 4) is 0 Å². The van der Waals surface area contributed by atoms with E-state index in [1.807, 2.05) is 0 Å². The van der Waals surface area contributed by atoms with Crippen LogP contribution in [0.25, 0.3) is 0 Å². The Hall–Kier alpha value is -2.94. The summed E-state index contributed by atoms with van der Waals surface area (Å²) in [5.74, 6) is 0. The molecule has 0 spiro atoms. The molecule has 0 aliphatic carbocycles. The minimum absolute atomic E-state index is 0.889. The number of benzene rings is 3. The normalized spacial score (nSPS) is 14.3. The van der Waals surface area contributed by atoms with Crippen LogP contribution in [-0.4, -0.2) is 20.0 Å². The third-order valence-electron chi connectivity index (χ3n) is 6.15. The fraction of sp³-hybridized carbons (Fsp3) is 0.333. The smallest absolute Gasteiger partial charge is 0.0937 e.